The summed E-state index contributed by atoms with van der Waals surface area (Å²) in [5.74, 6) is 0.827. The number of nitrogens with one attached hydrogen (secondary N) is 1. The standard InChI is InChI=1S/C16H16N4O3S/c1-10-14(24-11(2)17-10)15-19-20-16(23-15)18-13(21)8-9-22-12-6-4-3-5-7-12/h3-7H,8-9H2,1-2H3,(H,18,20,21). The van der Waals surface area contributed by atoms with Gasteiger partial charge in [0.15, 0.2) is 0 Å². The summed E-state index contributed by atoms with van der Waals surface area (Å²) in [6.45, 7) is 4.05. The second-order valence-corrected chi connectivity index (χ2v) is 6.22. The van der Waals surface area contributed by atoms with Crippen molar-refractivity contribution in [3.63, 3.8) is 0 Å². The number of rotatable bonds is 6. The fraction of sp³-hybridized carbons (Fsp3) is 0.250. The number of aromatic nitrogens is 3. The minimum atomic E-state index is -0.252. The van der Waals surface area contributed by atoms with Crippen molar-refractivity contribution in [2.45, 2.75) is 20.3 Å². The number of hydrogen-bond donors (Lipinski definition) is 1. The highest BCUT2D eigenvalue weighted by Gasteiger charge is 2.16. The molecule has 7 nitrogen and oxygen atoms in total. The summed E-state index contributed by atoms with van der Waals surface area (Å²) in [6.07, 6.45) is 0.186. The molecule has 0 unspecified atom stereocenters. The number of thiazole rings is 1. The summed E-state index contributed by atoms with van der Waals surface area (Å²) in [7, 11) is 0. The zero-order valence-electron chi connectivity index (χ0n) is 13.3. The zero-order valence-corrected chi connectivity index (χ0v) is 14.1. The van der Waals surface area contributed by atoms with E-state index in [0.717, 1.165) is 21.3 Å². The molecule has 0 radical (unpaired) electrons. The lowest BCUT2D eigenvalue weighted by Crippen LogP contribution is -2.15. The molecule has 0 spiro atoms. The third kappa shape index (κ3) is 3.96. The Morgan fingerprint density at radius 1 is 1.25 bits per heavy atom. The molecule has 3 aromatic rings. The maximum absolute atomic E-state index is 11.9. The molecule has 0 bridgehead atoms. The van der Waals surface area contributed by atoms with Crippen LogP contribution >= 0.6 is 11.3 Å². The lowest BCUT2D eigenvalue weighted by molar-refractivity contribution is -0.116. The summed E-state index contributed by atoms with van der Waals surface area (Å²) in [6, 6.07) is 9.39. The summed E-state index contributed by atoms with van der Waals surface area (Å²) in [4.78, 5) is 17.0. The van der Waals surface area contributed by atoms with E-state index in [4.69, 9.17) is 9.15 Å². The Hall–Kier alpha value is -2.74. The van der Waals surface area contributed by atoms with Crippen molar-refractivity contribution >= 4 is 23.3 Å². The Morgan fingerprint density at radius 3 is 2.75 bits per heavy atom. The molecule has 0 aliphatic rings. The molecule has 1 aromatic carbocycles. The molecular formula is C16H16N4O3S. The van der Waals surface area contributed by atoms with Crippen molar-refractivity contribution in [2.24, 2.45) is 0 Å². The Labute approximate surface area is 142 Å². The van der Waals surface area contributed by atoms with Gasteiger partial charge in [-0.25, -0.2) is 4.98 Å². The van der Waals surface area contributed by atoms with Gasteiger partial charge in [-0.05, 0) is 26.0 Å². The lowest BCUT2D eigenvalue weighted by Gasteiger charge is -2.04. The van der Waals surface area contributed by atoms with E-state index in [1.807, 2.05) is 44.2 Å². The van der Waals surface area contributed by atoms with Crippen LogP contribution in [0, 0.1) is 13.8 Å². The molecule has 2 heterocycles. The van der Waals surface area contributed by atoms with E-state index in [1.165, 1.54) is 11.3 Å². The second-order valence-electron chi connectivity index (χ2n) is 5.02. The summed E-state index contributed by atoms with van der Waals surface area (Å²) in [5.41, 5.74) is 0.829. The number of carbonyl (C=O) groups is 1. The third-order valence-electron chi connectivity index (χ3n) is 3.11. The molecule has 24 heavy (non-hydrogen) atoms. The average Bonchev–Trinajstić information content (AvgIpc) is 3.14. The second kappa shape index (κ2) is 7.22. The van der Waals surface area contributed by atoms with Gasteiger partial charge in [0.25, 0.3) is 5.89 Å². The van der Waals surface area contributed by atoms with Gasteiger partial charge in [0, 0.05) is 0 Å². The molecular weight excluding hydrogens is 328 g/mol. The lowest BCUT2D eigenvalue weighted by atomic mass is 10.3. The van der Waals surface area contributed by atoms with Crippen molar-refractivity contribution in [1.82, 2.24) is 15.2 Å². The Bertz CT molecular complexity index is 829. The van der Waals surface area contributed by atoms with Crippen LogP contribution in [-0.2, 0) is 4.79 Å². The highest BCUT2D eigenvalue weighted by molar-refractivity contribution is 7.15. The summed E-state index contributed by atoms with van der Waals surface area (Å²) in [5, 5.41) is 11.3. The maximum Gasteiger partial charge on any atom is 0.322 e. The molecule has 0 aliphatic carbocycles. The number of benzene rings is 1. The molecule has 3 rings (SSSR count). The first-order valence-corrected chi connectivity index (χ1v) is 8.19. The number of aryl methyl sites for hydroxylation is 2. The fourth-order valence-electron chi connectivity index (χ4n) is 2.06. The van der Waals surface area contributed by atoms with Gasteiger partial charge in [-0.3, -0.25) is 10.1 Å². The Kier molecular flexibility index (Phi) is 4.85. The van der Waals surface area contributed by atoms with Gasteiger partial charge in [-0.15, -0.1) is 16.4 Å². The molecule has 8 heteroatoms. The highest BCUT2D eigenvalue weighted by Crippen LogP contribution is 2.29. The molecule has 2 aromatic heterocycles. The monoisotopic (exact) mass is 344 g/mol. The molecule has 124 valence electrons. The largest absolute Gasteiger partial charge is 0.493 e. The molecule has 0 saturated carbocycles. The van der Waals surface area contributed by atoms with Crippen LogP contribution in [0.3, 0.4) is 0 Å². The smallest absolute Gasteiger partial charge is 0.322 e. The van der Waals surface area contributed by atoms with Gasteiger partial charge in [0.1, 0.15) is 10.6 Å². The Balaban J connectivity index is 1.53. The van der Waals surface area contributed by atoms with E-state index in [1.54, 1.807) is 0 Å². The van der Waals surface area contributed by atoms with Crippen molar-refractivity contribution < 1.29 is 13.9 Å². The van der Waals surface area contributed by atoms with Gasteiger partial charge in [0.05, 0.1) is 23.7 Å². The summed E-state index contributed by atoms with van der Waals surface area (Å²) >= 11 is 1.47. The molecule has 0 saturated heterocycles. The van der Waals surface area contributed by atoms with Gasteiger partial charge in [0.2, 0.25) is 5.91 Å². The van der Waals surface area contributed by atoms with Gasteiger partial charge in [-0.1, -0.05) is 23.3 Å². The molecule has 0 aliphatic heterocycles. The van der Waals surface area contributed by atoms with Gasteiger partial charge >= 0.3 is 6.01 Å². The third-order valence-corrected chi connectivity index (χ3v) is 4.17. The number of amides is 1. The van der Waals surface area contributed by atoms with Crippen molar-refractivity contribution in [1.29, 1.82) is 0 Å². The van der Waals surface area contributed by atoms with Crippen molar-refractivity contribution in [2.75, 3.05) is 11.9 Å². The molecule has 1 amide bonds. The number of ether oxygens (including phenoxy) is 1. The fourth-order valence-corrected chi connectivity index (χ4v) is 2.90. The SMILES string of the molecule is Cc1nc(C)c(-c2nnc(NC(=O)CCOc3ccccc3)o2)s1. The predicted octanol–water partition coefficient (Wildman–Crippen LogP) is 3.22. The van der Waals surface area contributed by atoms with Crippen LogP contribution in [0.1, 0.15) is 17.1 Å². The van der Waals surface area contributed by atoms with Crippen LogP contribution in [-0.4, -0.2) is 27.7 Å². The first-order chi connectivity index (χ1) is 11.6. The maximum atomic E-state index is 11.9. The van der Waals surface area contributed by atoms with Crippen LogP contribution in [0.15, 0.2) is 34.7 Å². The minimum absolute atomic E-state index is 0.0696. The topological polar surface area (TPSA) is 90.1 Å². The first-order valence-electron chi connectivity index (χ1n) is 7.37. The van der Waals surface area contributed by atoms with E-state index < -0.39 is 0 Å². The quantitative estimate of drug-likeness (QED) is 0.738. The van der Waals surface area contributed by atoms with E-state index in [0.29, 0.717) is 5.89 Å². The minimum Gasteiger partial charge on any atom is -0.493 e. The van der Waals surface area contributed by atoms with Crippen LogP contribution in [0.2, 0.25) is 0 Å². The van der Waals surface area contributed by atoms with E-state index in [2.05, 4.69) is 20.5 Å². The number of para-hydroxylation sites is 1. The normalized spacial score (nSPS) is 10.6. The summed E-state index contributed by atoms with van der Waals surface area (Å²) < 4.78 is 10.9. The average molecular weight is 344 g/mol. The van der Waals surface area contributed by atoms with Crippen LogP contribution in [0.5, 0.6) is 5.75 Å². The number of anilines is 1. The van der Waals surface area contributed by atoms with Gasteiger partial charge in [-0.2, -0.15) is 0 Å². The number of carbonyl (C=O) groups excluding carboxylic acids is 1. The highest BCUT2D eigenvalue weighted by atomic mass is 32.1. The van der Waals surface area contributed by atoms with Crippen molar-refractivity contribution in [3.8, 4) is 16.5 Å². The van der Waals surface area contributed by atoms with Crippen LogP contribution < -0.4 is 10.1 Å². The van der Waals surface area contributed by atoms with Crippen molar-refractivity contribution in [3.05, 3.63) is 41.0 Å². The molecule has 1 N–H and O–H groups in total. The zero-order chi connectivity index (χ0) is 16.9. The first kappa shape index (κ1) is 16.1. The van der Waals surface area contributed by atoms with Crippen LogP contribution in [0.4, 0.5) is 6.01 Å². The number of nitrogens with zero attached hydrogens (tertiary/aromatic N) is 3. The Morgan fingerprint density at radius 2 is 2.04 bits per heavy atom. The number of hydrogen-bond acceptors (Lipinski definition) is 7. The molecule has 0 fully saturated rings. The predicted molar refractivity (Wildman–Crippen MR) is 90.1 cm³/mol. The van der Waals surface area contributed by atoms with Gasteiger partial charge < -0.3 is 9.15 Å². The van der Waals surface area contributed by atoms with E-state index in [-0.39, 0.29) is 24.9 Å². The van der Waals surface area contributed by atoms with E-state index in [9.17, 15) is 4.79 Å². The van der Waals surface area contributed by atoms with Crippen LogP contribution in [0.25, 0.3) is 10.8 Å². The molecule has 0 atom stereocenters. The van der Waals surface area contributed by atoms with E-state index >= 15 is 0 Å².